The zero-order chi connectivity index (χ0) is 18.9. The number of halogens is 1. The van der Waals surface area contributed by atoms with Crippen molar-refractivity contribution in [2.45, 2.75) is 4.90 Å². The normalized spacial score (nSPS) is 15.8. The Labute approximate surface area is 162 Å². The fraction of sp³-hybridized carbons (Fsp3) is 0.235. The molecule has 1 aliphatic rings. The van der Waals surface area contributed by atoms with E-state index >= 15 is 0 Å². The molecule has 0 atom stereocenters. The molecule has 10 heteroatoms. The summed E-state index contributed by atoms with van der Waals surface area (Å²) in [6, 6.07) is 9.98. The van der Waals surface area contributed by atoms with Gasteiger partial charge in [-0.15, -0.1) is 10.2 Å². The van der Waals surface area contributed by atoms with Crippen molar-refractivity contribution >= 4 is 27.4 Å². The monoisotopic (exact) mass is 404 g/mol. The number of hydrogen-bond acceptors (Lipinski definition) is 6. The van der Waals surface area contributed by atoms with Gasteiger partial charge in [0.1, 0.15) is 6.33 Å². The van der Waals surface area contributed by atoms with Gasteiger partial charge in [0.25, 0.3) is 0 Å². The molecule has 0 aliphatic carbocycles. The van der Waals surface area contributed by atoms with E-state index in [1.54, 1.807) is 35.4 Å². The van der Waals surface area contributed by atoms with Crippen molar-refractivity contribution in [2.24, 2.45) is 0 Å². The van der Waals surface area contributed by atoms with Crippen LogP contribution >= 0.6 is 11.6 Å². The summed E-state index contributed by atoms with van der Waals surface area (Å²) < 4.78 is 28.7. The van der Waals surface area contributed by atoms with Gasteiger partial charge in [-0.2, -0.15) is 4.31 Å². The standard InChI is InChI=1S/C17H17ClN6O2S/c18-14-1-3-15(4-2-14)27(25,26)24-11-9-22(10-12-24)16-5-6-17(21-20-16)23-8-7-19-13-23/h1-8,13H,9-12H2. The lowest BCUT2D eigenvalue weighted by molar-refractivity contribution is 0.383. The number of piperazine rings is 1. The Morgan fingerprint density at radius 1 is 0.889 bits per heavy atom. The van der Waals surface area contributed by atoms with Gasteiger partial charge in [-0.3, -0.25) is 4.57 Å². The molecule has 1 fully saturated rings. The maximum Gasteiger partial charge on any atom is 0.243 e. The first-order chi connectivity index (χ1) is 13.0. The van der Waals surface area contributed by atoms with Gasteiger partial charge in [0.2, 0.25) is 10.0 Å². The third kappa shape index (κ3) is 3.66. The lowest BCUT2D eigenvalue weighted by Crippen LogP contribution is -2.49. The lowest BCUT2D eigenvalue weighted by Gasteiger charge is -2.34. The average molecular weight is 405 g/mol. The quantitative estimate of drug-likeness (QED) is 0.659. The zero-order valence-electron chi connectivity index (χ0n) is 14.3. The number of sulfonamides is 1. The zero-order valence-corrected chi connectivity index (χ0v) is 15.9. The molecular weight excluding hydrogens is 388 g/mol. The Morgan fingerprint density at radius 2 is 1.56 bits per heavy atom. The summed E-state index contributed by atoms with van der Waals surface area (Å²) in [6.07, 6.45) is 5.13. The van der Waals surface area contributed by atoms with Gasteiger partial charge >= 0.3 is 0 Å². The smallest absolute Gasteiger partial charge is 0.243 e. The fourth-order valence-electron chi connectivity index (χ4n) is 2.93. The molecule has 0 bridgehead atoms. The highest BCUT2D eigenvalue weighted by Crippen LogP contribution is 2.21. The Bertz CT molecular complexity index is 999. The molecule has 0 radical (unpaired) electrons. The van der Waals surface area contributed by atoms with Gasteiger partial charge in [-0.05, 0) is 36.4 Å². The first kappa shape index (κ1) is 17.9. The minimum atomic E-state index is -3.52. The van der Waals surface area contributed by atoms with Gasteiger partial charge in [-0.1, -0.05) is 11.6 Å². The summed E-state index contributed by atoms with van der Waals surface area (Å²) >= 11 is 5.85. The van der Waals surface area contributed by atoms with Crippen molar-refractivity contribution in [2.75, 3.05) is 31.1 Å². The predicted molar refractivity (Wildman–Crippen MR) is 102 cm³/mol. The number of aromatic nitrogens is 4. The molecule has 2 aromatic heterocycles. The highest BCUT2D eigenvalue weighted by atomic mass is 35.5. The number of anilines is 1. The maximum atomic E-state index is 12.7. The van der Waals surface area contributed by atoms with Crippen LogP contribution in [0, 0.1) is 0 Å². The minimum absolute atomic E-state index is 0.254. The van der Waals surface area contributed by atoms with Crippen LogP contribution in [0.25, 0.3) is 5.82 Å². The van der Waals surface area contributed by atoms with Crippen molar-refractivity contribution in [1.29, 1.82) is 0 Å². The van der Waals surface area contributed by atoms with Crippen LogP contribution in [0.15, 0.2) is 60.0 Å². The first-order valence-electron chi connectivity index (χ1n) is 8.37. The second-order valence-electron chi connectivity index (χ2n) is 6.06. The highest BCUT2D eigenvalue weighted by molar-refractivity contribution is 7.89. The highest BCUT2D eigenvalue weighted by Gasteiger charge is 2.29. The number of imidazole rings is 1. The molecule has 140 valence electrons. The Kier molecular flexibility index (Phi) is 4.81. The lowest BCUT2D eigenvalue weighted by atomic mass is 10.3. The third-order valence-electron chi connectivity index (χ3n) is 4.42. The van der Waals surface area contributed by atoms with Gasteiger partial charge in [0.15, 0.2) is 11.6 Å². The molecular formula is C17H17ClN6O2S. The Balaban J connectivity index is 1.43. The van der Waals surface area contributed by atoms with Crippen molar-refractivity contribution in [3.63, 3.8) is 0 Å². The molecule has 0 unspecified atom stereocenters. The first-order valence-corrected chi connectivity index (χ1v) is 10.2. The van der Waals surface area contributed by atoms with Crippen LogP contribution in [-0.2, 0) is 10.0 Å². The van der Waals surface area contributed by atoms with E-state index in [1.165, 1.54) is 16.4 Å². The number of hydrogen-bond donors (Lipinski definition) is 0. The Hall–Kier alpha value is -2.49. The van der Waals surface area contributed by atoms with E-state index in [0.29, 0.717) is 37.0 Å². The van der Waals surface area contributed by atoms with Gasteiger partial charge in [0, 0.05) is 43.6 Å². The molecule has 0 amide bonds. The molecule has 1 aromatic carbocycles. The van der Waals surface area contributed by atoms with E-state index in [9.17, 15) is 8.42 Å². The molecule has 0 spiro atoms. The van der Waals surface area contributed by atoms with Gasteiger partial charge in [-0.25, -0.2) is 13.4 Å². The summed E-state index contributed by atoms with van der Waals surface area (Å²) in [6.45, 7) is 1.86. The maximum absolute atomic E-state index is 12.7. The molecule has 8 nitrogen and oxygen atoms in total. The van der Waals surface area contributed by atoms with E-state index < -0.39 is 10.0 Å². The van der Waals surface area contributed by atoms with E-state index in [1.807, 2.05) is 17.0 Å². The van der Waals surface area contributed by atoms with Crippen LogP contribution in [0.1, 0.15) is 0 Å². The molecule has 4 rings (SSSR count). The molecule has 27 heavy (non-hydrogen) atoms. The largest absolute Gasteiger partial charge is 0.352 e. The molecule has 0 saturated carbocycles. The van der Waals surface area contributed by atoms with Gasteiger partial charge < -0.3 is 4.90 Å². The van der Waals surface area contributed by atoms with Crippen LogP contribution in [0.5, 0.6) is 0 Å². The molecule has 3 heterocycles. The van der Waals surface area contributed by atoms with E-state index in [2.05, 4.69) is 15.2 Å². The molecule has 0 N–H and O–H groups in total. The second-order valence-corrected chi connectivity index (χ2v) is 8.44. The molecule has 1 aliphatic heterocycles. The SMILES string of the molecule is O=S(=O)(c1ccc(Cl)cc1)N1CCN(c2ccc(-n3ccnc3)nn2)CC1. The summed E-state index contributed by atoms with van der Waals surface area (Å²) in [4.78, 5) is 6.27. The molecule has 1 saturated heterocycles. The van der Waals surface area contributed by atoms with Crippen molar-refractivity contribution in [3.8, 4) is 5.82 Å². The van der Waals surface area contributed by atoms with Crippen LogP contribution in [0.3, 0.4) is 0 Å². The Morgan fingerprint density at radius 3 is 2.15 bits per heavy atom. The van der Waals surface area contributed by atoms with Crippen molar-refractivity contribution in [1.82, 2.24) is 24.1 Å². The summed E-state index contributed by atoms with van der Waals surface area (Å²) in [7, 11) is -3.52. The van der Waals surface area contributed by atoms with Crippen LogP contribution in [-0.4, -0.2) is 58.7 Å². The predicted octanol–water partition coefficient (Wildman–Crippen LogP) is 1.83. The van der Waals surface area contributed by atoms with Crippen molar-refractivity contribution < 1.29 is 8.42 Å². The average Bonchev–Trinajstić information content (AvgIpc) is 3.23. The van der Waals surface area contributed by atoms with Crippen LogP contribution in [0.2, 0.25) is 5.02 Å². The minimum Gasteiger partial charge on any atom is -0.352 e. The summed E-state index contributed by atoms with van der Waals surface area (Å²) in [5, 5.41) is 8.98. The number of benzene rings is 1. The van der Waals surface area contributed by atoms with Crippen LogP contribution < -0.4 is 4.90 Å². The summed E-state index contributed by atoms with van der Waals surface area (Å²) in [5.41, 5.74) is 0. The fourth-order valence-corrected chi connectivity index (χ4v) is 4.48. The van der Waals surface area contributed by atoms with Crippen LogP contribution in [0.4, 0.5) is 5.82 Å². The number of nitrogens with zero attached hydrogens (tertiary/aromatic N) is 6. The second kappa shape index (κ2) is 7.26. The third-order valence-corrected chi connectivity index (χ3v) is 6.58. The van der Waals surface area contributed by atoms with Crippen molar-refractivity contribution in [3.05, 3.63) is 60.1 Å². The van der Waals surface area contributed by atoms with E-state index in [0.717, 1.165) is 5.82 Å². The summed E-state index contributed by atoms with van der Waals surface area (Å²) in [5.74, 6) is 1.41. The van der Waals surface area contributed by atoms with E-state index in [4.69, 9.17) is 11.6 Å². The molecule has 3 aromatic rings. The van der Waals surface area contributed by atoms with Gasteiger partial charge in [0.05, 0.1) is 4.90 Å². The topological polar surface area (TPSA) is 84.2 Å². The van der Waals surface area contributed by atoms with E-state index in [-0.39, 0.29) is 4.90 Å². The number of rotatable bonds is 4.